The number of allylic oxidation sites excluding steroid dienone is 2. The highest BCUT2D eigenvalue weighted by atomic mass is 14.6. The van der Waals surface area contributed by atoms with Gasteiger partial charge in [-0.3, -0.25) is 0 Å². The average Bonchev–Trinajstić information content (AvgIpc) is 2.71. The van der Waals surface area contributed by atoms with E-state index < -0.39 is 0 Å². The van der Waals surface area contributed by atoms with Crippen LogP contribution >= 0.6 is 0 Å². The lowest BCUT2D eigenvalue weighted by atomic mass is 9.77. The molecule has 2 nitrogen and oxygen atoms in total. The molecule has 0 spiro atoms. The number of nitrogen functional groups attached to an aromatic ring is 2. The fraction of sp³-hybridized carbons (Fsp3) is 0.704. The highest BCUT2D eigenvalue weighted by Crippen LogP contribution is 2.35. The third-order valence-corrected chi connectivity index (χ3v) is 7.50. The Bertz CT molecular complexity index is 599. The summed E-state index contributed by atoms with van der Waals surface area (Å²) in [6.45, 7) is 2.33. The number of anilines is 2. The highest BCUT2D eigenvalue weighted by molar-refractivity contribution is 5.54. The molecule has 162 valence electrons. The van der Waals surface area contributed by atoms with E-state index in [1.165, 1.54) is 89.0 Å². The predicted molar refractivity (Wildman–Crippen MR) is 128 cm³/mol. The number of nitrogens with two attached hydrogens (primary N) is 2. The maximum atomic E-state index is 5.90. The van der Waals surface area contributed by atoms with Gasteiger partial charge in [0.2, 0.25) is 0 Å². The molecule has 1 aromatic carbocycles. The van der Waals surface area contributed by atoms with Crippen molar-refractivity contribution in [1.29, 1.82) is 0 Å². The van der Waals surface area contributed by atoms with Crippen LogP contribution in [0.5, 0.6) is 0 Å². The zero-order chi connectivity index (χ0) is 20.5. The summed E-state index contributed by atoms with van der Waals surface area (Å²) in [6.07, 6.45) is 24.6. The van der Waals surface area contributed by atoms with Gasteiger partial charge in [0.1, 0.15) is 0 Å². The molecule has 0 aliphatic heterocycles. The van der Waals surface area contributed by atoms with Crippen molar-refractivity contribution in [2.24, 2.45) is 23.7 Å². The third kappa shape index (κ3) is 7.72. The Morgan fingerprint density at radius 1 is 0.724 bits per heavy atom. The maximum absolute atomic E-state index is 5.90. The van der Waals surface area contributed by atoms with Crippen LogP contribution in [0, 0.1) is 23.7 Å². The molecule has 2 aliphatic rings. The lowest BCUT2D eigenvalue weighted by Gasteiger charge is -2.29. The molecule has 2 heteroatoms. The molecule has 0 amide bonds. The summed E-state index contributed by atoms with van der Waals surface area (Å²) in [5.41, 5.74) is 14.7. The van der Waals surface area contributed by atoms with Crippen LogP contribution < -0.4 is 11.5 Å². The van der Waals surface area contributed by atoms with Gasteiger partial charge >= 0.3 is 0 Å². The van der Waals surface area contributed by atoms with Gasteiger partial charge in [0.15, 0.2) is 0 Å². The Labute approximate surface area is 179 Å². The van der Waals surface area contributed by atoms with Crippen molar-refractivity contribution in [3.05, 3.63) is 35.9 Å². The predicted octanol–water partition coefficient (Wildman–Crippen LogP) is 7.53. The fourth-order valence-electron chi connectivity index (χ4n) is 5.71. The van der Waals surface area contributed by atoms with E-state index in [1.807, 2.05) is 6.07 Å². The van der Waals surface area contributed by atoms with E-state index in [2.05, 4.69) is 31.2 Å². The van der Waals surface area contributed by atoms with Crippen LogP contribution in [0.1, 0.15) is 96.0 Å². The lowest BCUT2D eigenvalue weighted by molar-refractivity contribution is 0.282. The molecule has 0 unspecified atom stereocenters. The monoisotopic (exact) mass is 396 g/mol. The standard InChI is InChI=1S/C27H44N2/c1-2-5-21-8-12-23(13-9-21)16-17-24-14-10-22(11-15-24)6-3-4-7-25-18-26(28)20-27(29)19-25/h16-24H,2-15,28-29H2,1H3. The van der Waals surface area contributed by atoms with E-state index in [1.54, 1.807) is 0 Å². The zero-order valence-corrected chi connectivity index (χ0v) is 18.8. The molecule has 0 atom stereocenters. The number of hydrogen-bond acceptors (Lipinski definition) is 2. The minimum absolute atomic E-state index is 0.792. The molecule has 2 saturated carbocycles. The summed E-state index contributed by atoms with van der Waals surface area (Å²) in [5.74, 6) is 3.71. The van der Waals surface area contributed by atoms with Gasteiger partial charge in [0.25, 0.3) is 0 Å². The summed E-state index contributed by atoms with van der Waals surface area (Å²) in [4.78, 5) is 0. The van der Waals surface area contributed by atoms with Crippen LogP contribution in [0.4, 0.5) is 11.4 Å². The van der Waals surface area contributed by atoms with Gasteiger partial charge < -0.3 is 11.5 Å². The zero-order valence-electron chi connectivity index (χ0n) is 18.8. The molecular weight excluding hydrogens is 352 g/mol. The molecule has 4 N–H and O–H groups in total. The number of hydrogen-bond donors (Lipinski definition) is 2. The normalized spacial score (nSPS) is 28.0. The van der Waals surface area contributed by atoms with E-state index in [0.29, 0.717) is 0 Å². The molecule has 0 saturated heterocycles. The summed E-state index contributed by atoms with van der Waals surface area (Å²) < 4.78 is 0. The van der Waals surface area contributed by atoms with Crippen LogP contribution in [0.15, 0.2) is 30.4 Å². The number of aryl methyl sites for hydroxylation is 1. The first-order chi connectivity index (χ1) is 14.1. The second-order valence-electron chi connectivity index (χ2n) is 9.99. The number of unbranched alkanes of at least 4 members (excludes halogenated alkanes) is 1. The first kappa shape index (κ1) is 22.2. The molecule has 0 radical (unpaired) electrons. The van der Waals surface area contributed by atoms with Crippen molar-refractivity contribution in [3.8, 4) is 0 Å². The van der Waals surface area contributed by atoms with Crippen LogP contribution in [0.25, 0.3) is 0 Å². The maximum Gasteiger partial charge on any atom is 0.0337 e. The second-order valence-corrected chi connectivity index (χ2v) is 9.99. The number of benzene rings is 1. The van der Waals surface area contributed by atoms with E-state index in [0.717, 1.165) is 41.5 Å². The second kappa shape index (κ2) is 11.7. The van der Waals surface area contributed by atoms with Gasteiger partial charge in [-0.15, -0.1) is 0 Å². The Hall–Kier alpha value is -1.44. The Morgan fingerprint density at radius 2 is 1.24 bits per heavy atom. The van der Waals surface area contributed by atoms with Crippen molar-refractivity contribution in [1.82, 2.24) is 0 Å². The SMILES string of the molecule is CCCC1CCC(C=CC2CCC(CCCCc3cc(N)cc(N)c3)CC2)CC1. The fourth-order valence-corrected chi connectivity index (χ4v) is 5.71. The van der Waals surface area contributed by atoms with Crippen molar-refractivity contribution in [2.45, 2.75) is 96.8 Å². The summed E-state index contributed by atoms with van der Waals surface area (Å²) >= 11 is 0. The van der Waals surface area contributed by atoms with Crippen molar-refractivity contribution >= 4 is 11.4 Å². The van der Waals surface area contributed by atoms with E-state index >= 15 is 0 Å². The van der Waals surface area contributed by atoms with Gasteiger partial charge in [0.05, 0.1) is 0 Å². The Morgan fingerprint density at radius 3 is 1.76 bits per heavy atom. The van der Waals surface area contributed by atoms with E-state index in [-0.39, 0.29) is 0 Å². The van der Waals surface area contributed by atoms with Gasteiger partial charge in [0, 0.05) is 11.4 Å². The van der Waals surface area contributed by atoms with Gasteiger partial charge in [-0.1, -0.05) is 44.8 Å². The molecular formula is C27H44N2. The minimum Gasteiger partial charge on any atom is -0.399 e. The largest absolute Gasteiger partial charge is 0.399 e. The molecule has 2 fully saturated rings. The Balaban J connectivity index is 1.27. The number of rotatable bonds is 9. The topological polar surface area (TPSA) is 52.0 Å². The van der Waals surface area contributed by atoms with Crippen molar-refractivity contribution < 1.29 is 0 Å². The first-order valence-corrected chi connectivity index (χ1v) is 12.5. The molecule has 2 aliphatic carbocycles. The van der Waals surface area contributed by atoms with Gasteiger partial charge in [-0.05, 0) is 112 Å². The molecule has 0 aromatic heterocycles. The van der Waals surface area contributed by atoms with Crippen molar-refractivity contribution in [3.63, 3.8) is 0 Å². The molecule has 29 heavy (non-hydrogen) atoms. The van der Waals surface area contributed by atoms with Crippen LogP contribution in [-0.2, 0) is 6.42 Å². The minimum atomic E-state index is 0.792. The smallest absolute Gasteiger partial charge is 0.0337 e. The van der Waals surface area contributed by atoms with E-state index in [9.17, 15) is 0 Å². The van der Waals surface area contributed by atoms with Crippen molar-refractivity contribution in [2.75, 3.05) is 11.5 Å². The van der Waals surface area contributed by atoms with Gasteiger partial charge in [-0.2, -0.15) is 0 Å². The summed E-state index contributed by atoms with van der Waals surface area (Å²) in [6, 6.07) is 5.99. The summed E-state index contributed by atoms with van der Waals surface area (Å²) in [5, 5.41) is 0. The first-order valence-electron chi connectivity index (χ1n) is 12.5. The van der Waals surface area contributed by atoms with Crippen LogP contribution in [0.2, 0.25) is 0 Å². The van der Waals surface area contributed by atoms with Gasteiger partial charge in [-0.25, -0.2) is 0 Å². The van der Waals surface area contributed by atoms with Crippen LogP contribution in [-0.4, -0.2) is 0 Å². The molecule has 3 rings (SSSR count). The third-order valence-electron chi connectivity index (χ3n) is 7.50. The highest BCUT2D eigenvalue weighted by Gasteiger charge is 2.21. The average molecular weight is 397 g/mol. The Kier molecular flexibility index (Phi) is 8.95. The molecule has 1 aromatic rings. The van der Waals surface area contributed by atoms with Crippen LogP contribution in [0.3, 0.4) is 0 Å². The quantitative estimate of drug-likeness (QED) is 0.257. The molecule has 0 heterocycles. The molecule has 0 bridgehead atoms. The lowest BCUT2D eigenvalue weighted by Crippen LogP contribution is -2.15. The summed E-state index contributed by atoms with van der Waals surface area (Å²) in [7, 11) is 0. The van der Waals surface area contributed by atoms with E-state index in [4.69, 9.17) is 11.5 Å².